The van der Waals surface area contributed by atoms with Gasteiger partial charge in [-0.1, -0.05) is 6.92 Å². The molecule has 352 valence electrons. The second kappa shape index (κ2) is 32.7. The van der Waals surface area contributed by atoms with Crippen molar-refractivity contribution < 1.29 is 52.2 Å². The van der Waals surface area contributed by atoms with Gasteiger partial charge in [0.2, 0.25) is 0 Å². The molecular formula is C44H63ClN8O11. The highest BCUT2D eigenvalue weighted by molar-refractivity contribution is 6.18. The van der Waals surface area contributed by atoms with Gasteiger partial charge in [-0.2, -0.15) is 10.2 Å². The number of nitrogens with zero attached hydrogens (tertiary/aromatic N) is 6. The van der Waals surface area contributed by atoms with Gasteiger partial charge in [0, 0.05) is 51.1 Å². The van der Waals surface area contributed by atoms with Gasteiger partial charge in [0.25, 0.3) is 5.91 Å². The quantitative estimate of drug-likeness (QED) is 0.0370. The largest absolute Gasteiger partial charge is 0.490 e. The van der Waals surface area contributed by atoms with Crippen LogP contribution in [0.25, 0.3) is 0 Å². The topological polar surface area (TPSA) is 190 Å². The summed E-state index contributed by atoms with van der Waals surface area (Å²) in [7, 11) is 3.28. The number of nitrogens with one attached hydrogen (secondary N) is 2. The molecule has 1 aliphatic rings. The molecule has 0 saturated heterocycles. The molecule has 0 bridgehead atoms. The molecule has 3 aromatic rings. The molecule has 0 unspecified atom stereocenters. The Morgan fingerprint density at radius 2 is 1.22 bits per heavy atom. The number of carbonyl (C=O) groups is 1. The molecule has 19 nitrogen and oxygen atoms in total. The van der Waals surface area contributed by atoms with Gasteiger partial charge in [-0.05, 0) is 55.0 Å². The summed E-state index contributed by atoms with van der Waals surface area (Å²) in [5, 5.41) is 8.81. The number of alkyl halides is 1. The number of hydrogen-bond acceptors (Lipinski definition) is 18. The number of benzene rings is 1. The van der Waals surface area contributed by atoms with Crippen molar-refractivity contribution in [3.8, 4) is 11.5 Å². The Morgan fingerprint density at radius 1 is 0.672 bits per heavy atom. The Morgan fingerprint density at radius 3 is 1.73 bits per heavy atom. The molecule has 0 fully saturated rings. The fourth-order valence-electron chi connectivity index (χ4n) is 5.60. The van der Waals surface area contributed by atoms with Gasteiger partial charge < -0.3 is 57.2 Å². The molecule has 1 aromatic carbocycles. The molecule has 0 aliphatic carbocycles. The lowest BCUT2D eigenvalue weighted by atomic mass is 10.2. The molecule has 0 spiro atoms. The fraction of sp³-hybridized carbons (Fsp3) is 0.523. The standard InChI is InChI=1S/C44H63ClN8O11/c1-4-16-53(17-14-45)36-7-9-37(10-8-36)63-18-13-41(54)52(2)40-6-5-15-46-42(40)44-50-48-43(49-51-44)39-12-11-38(35-47-39)64-34-33-62-32-31-61-30-29-60-28-27-59-26-25-58-24-23-57-22-21-56-20-19-55-3/h5-13,15,18,35H,4,14,16-17,19-34H2,1-3H3,(H,48,49)(H,50,51)/b18-13+. The predicted molar refractivity (Wildman–Crippen MR) is 244 cm³/mol. The van der Waals surface area contributed by atoms with Crippen molar-refractivity contribution in [2.24, 2.45) is 10.2 Å². The number of methoxy groups -OCH3 is 1. The van der Waals surface area contributed by atoms with Crippen LogP contribution in [0.3, 0.4) is 0 Å². The average Bonchev–Trinajstić information content (AvgIpc) is 3.33. The molecule has 4 rings (SSSR count). The van der Waals surface area contributed by atoms with E-state index in [2.05, 4.69) is 42.8 Å². The molecule has 2 aromatic heterocycles. The Bertz CT molecular complexity index is 1800. The molecule has 2 N–H and O–H groups in total. The first kappa shape index (κ1) is 51.7. The number of aromatic nitrogens is 2. The molecule has 0 radical (unpaired) electrons. The molecule has 20 heteroatoms. The summed E-state index contributed by atoms with van der Waals surface area (Å²) in [6.45, 7) is 11.6. The van der Waals surface area contributed by atoms with E-state index in [1.807, 2.05) is 24.3 Å². The molecular weight excluding hydrogens is 852 g/mol. The van der Waals surface area contributed by atoms with E-state index < -0.39 is 0 Å². The van der Waals surface area contributed by atoms with Crippen LogP contribution in [0.2, 0.25) is 0 Å². The number of ether oxygens (including phenoxy) is 10. The van der Waals surface area contributed by atoms with Crippen LogP contribution in [0.15, 0.2) is 83.5 Å². The van der Waals surface area contributed by atoms with E-state index in [1.54, 1.807) is 50.8 Å². The van der Waals surface area contributed by atoms with Gasteiger partial charge in [0.15, 0.2) is 11.7 Å². The number of anilines is 2. The number of likely N-dealkylation sites (N-methyl/N-ethyl adjacent to an activating group) is 1. The lowest BCUT2D eigenvalue weighted by Crippen LogP contribution is -2.37. The summed E-state index contributed by atoms with van der Waals surface area (Å²) >= 11 is 5.97. The van der Waals surface area contributed by atoms with Crippen molar-refractivity contribution in [2.75, 3.05) is 149 Å². The van der Waals surface area contributed by atoms with Gasteiger partial charge >= 0.3 is 0 Å². The Kier molecular flexibility index (Phi) is 26.4. The lowest BCUT2D eigenvalue weighted by Gasteiger charge is -2.23. The van der Waals surface area contributed by atoms with E-state index in [0.717, 1.165) is 25.2 Å². The predicted octanol–water partition coefficient (Wildman–Crippen LogP) is 3.84. The van der Waals surface area contributed by atoms with Crippen LogP contribution in [0.1, 0.15) is 24.7 Å². The first-order chi connectivity index (χ1) is 31.5. The zero-order chi connectivity index (χ0) is 45.3. The highest BCUT2D eigenvalue weighted by atomic mass is 35.5. The minimum atomic E-state index is -0.326. The van der Waals surface area contributed by atoms with Gasteiger partial charge in [0.05, 0.1) is 117 Å². The third-order valence-electron chi connectivity index (χ3n) is 8.85. The van der Waals surface area contributed by atoms with Crippen LogP contribution in [0.5, 0.6) is 11.5 Å². The molecule has 0 atom stereocenters. The first-order valence-corrected chi connectivity index (χ1v) is 21.8. The van der Waals surface area contributed by atoms with Crippen LogP contribution >= 0.6 is 11.6 Å². The van der Waals surface area contributed by atoms with Crippen LogP contribution in [-0.2, 0) is 42.7 Å². The average molecular weight is 915 g/mol. The van der Waals surface area contributed by atoms with Crippen molar-refractivity contribution in [1.29, 1.82) is 0 Å². The molecule has 0 saturated carbocycles. The monoisotopic (exact) mass is 914 g/mol. The SMILES string of the molecule is CCCN(CCCl)c1ccc(O/C=C/C(=O)N(C)c2cccnc2C2=NNC(c3ccc(OCCOCCOCCOCCOCCOCCOCCOCCOC)cn3)=NN2)cc1. The third kappa shape index (κ3) is 20.3. The van der Waals surface area contributed by atoms with Crippen LogP contribution in [-0.4, -0.2) is 166 Å². The highest BCUT2D eigenvalue weighted by Crippen LogP contribution is 2.21. The summed E-state index contributed by atoms with van der Waals surface area (Å²) in [5.41, 5.74) is 8.36. The van der Waals surface area contributed by atoms with Crippen molar-refractivity contribution in [3.63, 3.8) is 0 Å². The zero-order valence-electron chi connectivity index (χ0n) is 37.1. The van der Waals surface area contributed by atoms with Gasteiger partial charge in [0.1, 0.15) is 29.5 Å². The van der Waals surface area contributed by atoms with Gasteiger partial charge in [-0.25, -0.2) is 4.98 Å². The van der Waals surface area contributed by atoms with Crippen LogP contribution < -0.4 is 30.1 Å². The van der Waals surface area contributed by atoms with Crippen LogP contribution in [0, 0.1) is 0 Å². The number of pyridine rings is 2. The number of hydrazone groups is 2. The van der Waals surface area contributed by atoms with E-state index in [1.165, 1.54) is 17.2 Å². The Hall–Kier alpha value is -4.96. The summed E-state index contributed by atoms with van der Waals surface area (Å²) in [5.74, 6) is 2.11. The summed E-state index contributed by atoms with van der Waals surface area (Å²) in [6.07, 6.45) is 6.92. The number of amidine groups is 2. The summed E-state index contributed by atoms with van der Waals surface area (Å²) in [6, 6.07) is 14.7. The van der Waals surface area contributed by atoms with E-state index in [0.29, 0.717) is 152 Å². The van der Waals surface area contributed by atoms with Gasteiger partial charge in [-0.15, -0.1) is 11.6 Å². The maximum Gasteiger partial charge on any atom is 0.253 e. The number of carbonyl (C=O) groups excluding carboxylic acids is 1. The molecule has 3 heterocycles. The van der Waals surface area contributed by atoms with E-state index in [-0.39, 0.29) is 5.91 Å². The van der Waals surface area contributed by atoms with Crippen molar-refractivity contribution in [1.82, 2.24) is 20.8 Å². The number of rotatable bonds is 36. The maximum atomic E-state index is 13.1. The second-order valence-corrected chi connectivity index (χ2v) is 13.9. The molecule has 64 heavy (non-hydrogen) atoms. The van der Waals surface area contributed by atoms with Crippen LogP contribution in [0.4, 0.5) is 11.4 Å². The normalized spacial score (nSPS) is 12.4. The summed E-state index contributed by atoms with van der Waals surface area (Å²) in [4.78, 5) is 25.7. The van der Waals surface area contributed by atoms with E-state index in [4.69, 9.17) is 59.0 Å². The van der Waals surface area contributed by atoms with Crippen molar-refractivity contribution in [3.05, 3.63) is 84.7 Å². The van der Waals surface area contributed by atoms with Gasteiger partial charge in [-0.3, -0.25) is 20.6 Å². The first-order valence-electron chi connectivity index (χ1n) is 21.3. The number of halogens is 1. The Labute approximate surface area is 380 Å². The maximum absolute atomic E-state index is 13.1. The Balaban J connectivity index is 1.03. The lowest BCUT2D eigenvalue weighted by molar-refractivity contribution is -0.114. The van der Waals surface area contributed by atoms with E-state index >= 15 is 0 Å². The molecule has 1 aliphatic heterocycles. The molecule has 1 amide bonds. The summed E-state index contributed by atoms with van der Waals surface area (Å²) < 4.78 is 54.7. The number of hydrogen-bond donors (Lipinski definition) is 2. The fourth-order valence-corrected chi connectivity index (χ4v) is 5.81. The minimum absolute atomic E-state index is 0.318. The van der Waals surface area contributed by atoms with E-state index in [9.17, 15) is 4.79 Å². The van der Waals surface area contributed by atoms with Crippen molar-refractivity contribution in [2.45, 2.75) is 13.3 Å². The zero-order valence-corrected chi connectivity index (χ0v) is 37.9. The number of amides is 1. The second-order valence-electron chi connectivity index (χ2n) is 13.5. The smallest absolute Gasteiger partial charge is 0.253 e. The van der Waals surface area contributed by atoms with Crippen molar-refractivity contribution >= 4 is 40.6 Å². The highest BCUT2D eigenvalue weighted by Gasteiger charge is 2.20. The third-order valence-corrected chi connectivity index (χ3v) is 9.02. The minimum Gasteiger partial charge on any atom is -0.490 e.